The number of rotatable bonds is 4. The van der Waals surface area contributed by atoms with Crippen LogP contribution in [0.25, 0.3) is 6.08 Å². The Bertz CT molecular complexity index is 780. The highest BCUT2D eigenvalue weighted by Gasteiger charge is 2.25. The molecule has 1 aliphatic heterocycles. The predicted octanol–water partition coefficient (Wildman–Crippen LogP) is 3.48. The zero-order chi connectivity index (χ0) is 15.5. The lowest BCUT2D eigenvalue weighted by molar-refractivity contribution is -0.139. The Kier molecular flexibility index (Phi) is 3.98. The van der Waals surface area contributed by atoms with Crippen LogP contribution in [-0.4, -0.2) is 23.5 Å². The number of ketones is 1. The van der Waals surface area contributed by atoms with Crippen LogP contribution in [0.1, 0.15) is 15.9 Å². The smallest absolute Gasteiger partial charge is 0.341 e. The molecule has 0 bridgehead atoms. The third-order valence-electron chi connectivity index (χ3n) is 3.13. The molecule has 0 fully saturated rings. The summed E-state index contributed by atoms with van der Waals surface area (Å²) in [6.45, 7) is -0.415. The number of aliphatic carboxylic acids is 1. The first-order chi connectivity index (χ1) is 10.6. The van der Waals surface area contributed by atoms with Gasteiger partial charge in [0.25, 0.3) is 0 Å². The maximum absolute atomic E-state index is 12.4. The van der Waals surface area contributed by atoms with E-state index in [0.29, 0.717) is 21.8 Å². The Morgan fingerprint density at radius 3 is 2.64 bits per heavy atom. The van der Waals surface area contributed by atoms with Gasteiger partial charge in [0, 0.05) is 16.0 Å². The second-order valence-corrected chi connectivity index (χ2v) is 5.74. The third-order valence-corrected chi connectivity index (χ3v) is 4.23. The molecule has 0 saturated heterocycles. The lowest BCUT2D eigenvalue weighted by Gasteiger charge is -2.07. The number of hydrogen-bond acceptors (Lipinski definition) is 4. The molecule has 110 valence electrons. The summed E-state index contributed by atoms with van der Waals surface area (Å²) < 4.78 is 5.26. The van der Waals surface area contributed by atoms with E-state index >= 15 is 0 Å². The number of allylic oxidation sites excluding steroid dienone is 1. The number of carbonyl (C=O) groups is 2. The van der Waals surface area contributed by atoms with Gasteiger partial charge in [-0.1, -0.05) is 42.1 Å². The zero-order valence-electron chi connectivity index (χ0n) is 11.5. The number of Topliss-reactive ketones (excluding diaryl/α,β-unsaturated/α-hetero) is 1. The molecular formula is C17H12O4S. The Morgan fingerprint density at radius 1 is 1.14 bits per heavy atom. The van der Waals surface area contributed by atoms with Crippen molar-refractivity contribution in [3.63, 3.8) is 0 Å². The summed E-state index contributed by atoms with van der Waals surface area (Å²) in [6.07, 6.45) is 1.74. The third kappa shape index (κ3) is 2.89. The SMILES string of the molecule is O=C(O)COc1ccccc1/C=C1/Sc2ccccc2C1=O. The maximum atomic E-state index is 12.4. The van der Waals surface area contributed by atoms with Crippen LogP contribution >= 0.6 is 11.8 Å². The van der Waals surface area contributed by atoms with Crippen molar-refractivity contribution in [3.8, 4) is 5.75 Å². The van der Waals surface area contributed by atoms with E-state index in [4.69, 9.17) is 9.84 Å². The number of ether oxygens (including phenoxy) is 1. The fraction of sp³-hybridized carbons (Fsp3) is 0.0588. The number of thioether (sulfide) groups is 1. The average molecular weight is 312 g/mol. The first-order valence-corrected chi connectivity index (χ1v) is 7.44. The van der Waals surface area contributed by atoms with Crippen LogP contribution in [0.5, 0.6) is 5.75 Å². The van der Waals surface area contributed by atoms with E-state index in [1.807, 2.05) is 24.3 Å². The topological polar surface area (TPSA) is 63.6 Å². The van der Waals surface area contributed by atoms with Crippen LogP contribution < -0.4 is 4.74 Å². The van der Waals surface area contributed by atoms with Crippen molar-refractivity contribution in [2.24, 2.45) is 0 Å². The number of carboxylic acids is 1. The van der Waals surface area contributed by atoms with Gasteiger partial charge in [-0.05, 0) is 24.3 Å². The molecule has 5 heteroatoms. The number of para-hydroxylation sites is 1. The van der Waals surface area contributed by atoms with Crippen molar-refractivity contribution < 1.29 is 19.4 Å². The van der Waals surface area contributed by atoms with Crippen LogP contribution in [0.4, 0.5) is 0 Å². The van der Waals surface area contributed by atoms with Gasteiger partial charge >= 0.3 is 5.97 Å². The largest absolute Gasteiger partial charge is 0.481 e. The number of hydrogen-bond donors (Lipinski definition) is 1. The number of carbonyl (C=O) groups excluding carboxylic acids is 1. The molecule has 0 spiro atoms. The molecule has 4 nitrogen and oxygen atoms in total. The highest BCUT2D eigenvalue weighted by Crippen LogP contribution is 2.41. The van der Waals surface area contributed by atoms with Gasteiger partial charge in [-0.25, -0.2) is 4.79 Å². The maximum Gasteiger partial charge on any atom is 0.341 e. The van der Waals surface area contributed by atoms with Crippen LogP contribution in [0, 0.1) is 0 Å². The Morgan fingerprint density at radius 2 is 1.86 bits per heavy atom. The summed E-state index contributed by atoms with van der Waals surface area (Å²) >= 11 is 1.41. The summed E-state index contributed by atoms with van der Waals surface area (Å²) in [4.78, 5) is 24.5. The molecule has 1 N–H and O–H groups in total. The van der Waals surface area contributed by atoms with E-state index in [1.165, 1.54) is 11.8 Å². The van der Waals surface area contributed by atoms with Gasteiger partial charge in [-0.3, -0.25) is 4.79 Å². The molecule has 2 aromatic carbocycles. The fourth-order valence-electron chi connectivity index (χ4n) is 2.15. The van der Waals surface area contributed by atoms with Crippen LogP contribution in [0.2, 0.25) is 0 Å². The number of carboxylic acid groups (broad SMARTS) is 1. The molecule has 0 amide bonds. The first kappa shape index (κ1) is 14.4. The second kappa shape index (κ2) is 6.07. The molecule has 3 rings (SSSR count). The van der Waals surface area contributed by atoms with E-state index in [2.05, 4.69) is 0 Å². The van der Waals surface area contributed by atoms with Crippen LogP contribution in [-0.2, 0) is 4.79 Å². The fourth-order valence-corrected chi connectivity index (χ4v) is 3.19. The Labute approximate surface area is 131 Å². The first-order valence-electron chi connectivity index (χ1n) is 6.62. The van der Waals surface area contributed by atoms with E-state index in [9.17, 15) is 9.59 Å². The van der Waals surface area contributed by atoms with Gasteiger partial charge in [0.15, 0.2) is 6.61 Å². The van der Waals surface area contributed by atoms with E-state index in [-0.39, 0.29) is 5.78 Å². The standard InChI is InChI=1S/C17H12O4S/c18-16(19)10-21-13-7-3-1-5-11(13)9-15-17(20)12-6-2-4-8-14(12)22-15/h1-9H,10H2,(H,18,19)/b15-9+. The molecule has 0 radical (unpaired) electrons. The predicted molar refractivity (Wildman–Crippen MR) is 84.2 cm³/mol. The Hall–Kier alpha value is -2.53. The highest BCUT2D eigenvalue weighted by molar-refractivity contribution is 8.04. The van der Waals surface area contributed by atoms with Gasteiger partial charge in [-0.15, -0.1) is 0 Å². The average Bonchev–Trinajstić information content (AvgIpc) is 2.83. The van der Waals surface area contributed by atoms with E-state index in [0.717, 1.165) is 4.90 Å². The monoisotopic (exact) mass is 312 g/mol. The minimum atomic E-state index is -1.04. The lowest BCUT2D eigenvalue weighted by Crippen LogP contribution is -2.10. The van der Waals surface area contributed by atoms with Crippen molar-refractivity contribution in [2.45, 2.75) is 4.90 Å². The second-order valence-electron chi connectivity index (χ2n) is 4.66. The van der Waals surface area contributed by atoms with Gasteiger partial charge < -0.3 is 9.84 Å². The molecule has 1 heterocycles. The lowest BCUT2D eigenvalue weighted by atomic mass is 10.1. The highest BCUT2D eigenvalue weighted by atomic mass is 32.2. The summed E-state index contributed by atoms with van der Waals surface area (Å²) in [5.74, 6) is -0.614. The molecule has 1 aliphatic rings. The molecule has 0 aliphatic carbocycles. The van der Waals surface area contributed by atoms with Crippen molar-refractivity contribution in [2.75, 3.05) is 6.61 Å². The van der Waals surface area contributed by atoms with E-state index < -0.39 is 12.6 Å². The number of fused-ring (bicyclic) bond motifs is 1. The summed E-state index contributed by atoms with van der Waals surface area (Å²) in [7, 11) is 0. The zero-order valence-corrected chi connectivity index (χ0v) is 12.3. The van der Waals surface area contributed by atoms with Gasteiger partial charge in [-0.2, -0.15) is 0 Å². The summed E-state index contributed by atoms with van der Waals surface area (Å²) in [5.41, 5.74) is 1.38. The number of benzene rings is 2. The molecule has 0 atom stereocenters. The van der Waals surface area contributed by atoms with Crippen molar-refractivity contribution in [1.82, 2.24) is 0 Å². The molecule has 0 aromatic heterocycles. The van der Waals surface area contributed by atoms with E-state index in [1.54, 1.807) is 30.3 Å². The minimum Gasteiger partial charge on any atom is -0.481 e. The normalized spacial score (nSPS) is 14.9. The molecular weight excluding hydrogens is 300 g/mol. The van der Waals surface area contributed by atoms with Gasteiger partial charge in [0.05, 0.1) is 4.91 Å². The van der Waals surface area contributed by atoms with Crippen molar-refractivity contribution in [3.05, 3.63) is 64.6 Å². The van der Waals surface area contributed by atoms with Crippen molar-refractivity contribution >= 4 is 29.6 Å². The van der Waals surface area contributed by atoms with Crippen molar-refractivity contribution in [1.29, 1.82) is 0 Å². The molecule has 22 heavy (non-hydrogen) atoms. The summed E-state index contributed by atoms with van der Waals surface area (Å²) in [5, 5.41) is 8.71. The summed E-state index contributed by atoms with van der Waals surface area (Å²) in [6, 6.07) is 14.5. The van der Waals surface area contributed by atoms with Crippen LogP contribution in [0.15, 0.2) is 58.3 Å². The molecule has 0 unspecified atom stereocenters. The van der Waals surface area contributed by atoms with Gasteiger partial charge in [0.1, 0.15) is 5.75 Å². The molecule has 0 saturated carbocycles. The minimum absolute atomic E-state index is 0.0198. The van der Waals surface area contributed by atoms with Gasteiger partial charge in [0.2, 0.25) is 5.78 Å². The molecule has 2 aromatic rings. The Balaban J connectivity index is 1.91. The van der Waals surface area contributed by atoms with Crippen LogP contribution in [0.3, 0.4) is 0 Å². The quantitative estimate of drug-likeness (QED) is 0.876.